The molecular weight excluding hydrogens is 338 g/mol. The van der Waals surface area contributed by atoms with Crippen LogP contribution in [0.5, 0.6) is 0 Å². The average molecular weight is 359 g/mol. The van der Waals surface area contributed by atoms with Crippen molar-refractivity contribution in [3.63, 3.8) is 0 Å². The zero-order valence-electron chi connectivity index (χ0n) is 15.3. The lowest BCUT2D eigenvalue weighted by molar-refractivity contribution is 0.0951. The molecule has 5 nitrogen and oxygen atoms in total. The Balaban J connectivity index is 1.67. The molecule has 2 N–H and O–H groups in total. The third-order valence-corrected chi connectivity index (χ3v) is 4.32. The summed E-state index contributed by atoms with van der Waals surface area (Å²) in [5.74, 6) is -0.600. The largest absolute Gasteiger partial charge is 0.348 e. The Kier molecular flexibility index (Phi) is 5.61. The van der Waals surface area contributed by atoms with E-state index in [0.717, 1.165) is 16.7 Å². The molecule has 0 aliphatic rings. The molecular formula is C22H21N3O2. The average Bonchev–Trinajstić information content (AvgIpc) is 2.70. The van der Waals surface area contributed by atoms with Crippen LogP contribution in [0.2, 0.25) is 0 Å². The SMILES string of the molecule is Cc1ccc(NC(=O)c2cc(C(=O)NCc3ccccc3)ccn2)cc1C. The van der Waals surface area contributed by atoms with E-state index in [4.69, 9.17) is 0 Å². The first kappa shape index (κ1) is 18.3. The molecule has 3 rings (SSSR count). The van der Waals surface area contributed by atoms with Crippen LogP contribution in [0, 0.1) is 13.8 Å². The number of carbonyl (C=O) groups is 2. The molecule has 1 aromatic heterocycles. The Morgan fingerprint density at radius 1 is 0.889 bits per heavy atom. The first-order valence-electron chi connectivity index (χ1n) is 8.70. The van der Waals surface area contributed by atoms with Crippen molar-refractivity contribution in [3.8, 4) is 0 Å². The monoisotopic (exact) mass is 359 g/mol. The third kappa shape index (κ3) is 4.79. The predicted molar refractivity (Wildman–Crippen MR) is 106 cm³/mol. The number of aryl methyl sites for hydroxylation is 2. The van der Waals surface area contributed by atoms with E-state index in [0.29, 0.717) is 17.8 Å². The van der Waals surface area contributed by atoms with Gasteiger partial charge in [-0.3, -0.25) is 14.6 Å². The molecule has 2 aromatic carbocycles. The fraction of sp³-hybridized carbons (Fsp3) is 0.136. The number of benzene rings is 2. The minimum absolute atomic E-state index is 0.195. The summed E-state index contributed by atoms with van der Waals surface area (Å²) < 4.78 is 0. The van der Waals surface area contributed by atoms with Gasteiger partial charge in [0.05, 0.1) is 0 Å². The van der Waals surface area contributed by atoms with Crippen LogP contribution in [-0.4, -0.2) is 16.8 Å². The number of aromatic nitrogens is 1. The molecule has 0 saturated carbocycles. The maximum atomic E-state index is 12.5. The number of rotatable bonds is 5. The maximum Gasteiger partial charge on any atom is 0.274 e. The van der Waals surface area contributed by atoms with E-state index in [1.165, 1.54) is 12.3 Å². The Morgan fingerprint density at radius 3 is 2.41 bits per heavy atom. The lowest BCUT2D eigenvalue weighted by atomic mass is 10.1. The van der Waals surface area contributed by atoms with Crippen molar-refractivity contribution >= 4 is 17.5 Å². The van der Waals surface area contributed by atoms with Crippen LogP contribution in [0.1, 0.15) is 37.5 Å². The molecule has 5 heteroatoms. The molecule has 0 saturated heterocycles. The molecule has 27 heavy (non-hydrogen) atoms. The summed E-state index contributed by atoms with van der Waals surface area (Å²) in [6.07, 6.45) is 1.47. The third-order valence-electron chi connectivity index (χ3n) is 4.32. The summed E-state index contributed by atoms with van der Waals surface area (Å²) in [7, 11) is 0. The molecule has 0 aliphatic heterocycles. The van der Waals surface area contributed by atoms with Gasteiger partial charge in [-0.1, -0.05) is 36.4 Å². The number of hydrogen-bond donors (Lipinski definition) is 2. The molecule has 2 amide bonds. The molecule has 0 unspecified atom stereocenters. The minimum Gasteiger partial charge on any atom is -0.348 e. The predicted octanol–water partition coefficient (Wildman–Crippen LogP) is 3.88. The highest BCUT2D eigenvalue weighted by Gasteiger charge is 2.12. The van der Waals surface area contributed by atoms with Gasteiger partial charge in [-0.15, -0.1) is 0 Å². The number of amides is 2. The fourth-order valence-electron chi connectivity index (χ4n) is 2.59. The second kappa shape index (κ2) is 8.27. The van der Waals surface area contributed by atoms with Crippen LogP contribution in [-0.2, 0) is 6.54 Å². The van der Waals surface area contributed by atoms with E-state index in [9.17, 15) is 9.59 Å². The smallest absolute Gasteiger partial charge is 0.274 e. The number of carbonyl (C=O) groups excluding carboxylic acids is 2. The second-order valence-corrected chi connectivity index (χ2v) is 6.35. The van der Waals surface area contributed by atoms with Gasteiger partial charge in [-0.05, 0) is 54.8 Å². The first-order valence-corrected chi connectivity index (χ1v) is 8.70. The molecule has 1 heterocycles. The van der Waals surface area contributed by atoms with Crippen LogP contribution in [0.25, 0.3) is 0 Å². The topological polar surface area (TPSA) is 71.1 Å². The van der Waals surface area contributed by atoms with Gasteiger partial charge in [0.2, 0.25) is 0 Å². The zero-order chi connectivity index (χ0) is 19.2. The zero-order valence-corrected chi connectivity index (χ0v) is 15.3. The highest BCUT2D eigenvalue weighted by Crippen LogP contribution is 2.15. The Bertz CT molecular complexity index is 968. The molecule has 0 spiro atoms. The normalized spacial score (nSPS) is 10.3. The number of hydrogen-bond acceptors (Lipinski definition) is 3. The maximum absolute atomic E-state index is 12.5. The van der Waals surface area contributed by atoms with Crippen LogP contribution in [0.3, 0.4) is 0 Å². The molecule has 0 aliphatic carbocycles. The van der Waals surface area contributed by atoms with Crippen molar-refractivity contribution in [2.45, 2.75) is 20.4 Å². The van der Waals surface area contributed by atoms with Crippen molar-refractivity contribution in [1.82, 2.24) is 10.3 Å². The fourth-order valence-corrected chi connectivity index (χ4v) is 2.59. The van der Waals surface area contributed by atoms with Crippen LogP contribution < -0.4 is 10.6 Å². The summed E-state index contributed by atoms with van der Waals surface area (Å²) in [4.78, 5) is 28.9. The van der Waals surface area contributed by atoms with E-state index in [1.54, 1.807) is 6.07 Å². The van der Waals surface area contributed by atoms with Crippen molar-refractivity contribution in [3.05, 3.63) is 94.8 Å². The van der Waals surface area contributed by atoms with Gasteiger partial charge >= 0.3 is 0 Å². The van der Waals surface area contributed by atoms with E-state index < -0.39 is 0 Å². The van der Waals surface area contributed by atoms with E-state index in [2.05, 4.69) is 15.6 Å². The molecule has 3 aromatic rings. The minimum atomic E-state index is -0.351. The summed E-state index contributed by atoms with van der Waals surface area (Å²) >= 11 is 0. The number of nitrogens with zero attached hydrogens (tertiary/aromatic N) is 1. The van der Waals surface area contributed by atoms with Gasteiger partial charge in [0, 0.05) is 24.0 Å². The van der Waals surface area contributed by atoms with Crippen LogP contribution in [0.15, 0.2) is 66.9 Å². The van der Waals surface area contributed by atoms with Gasteiger partial charge in [0.1, 0.15) is 5.69 Å². The summed E-state index contributed by atoms with van der Waals surface area (Å²) in [6.45, 7) is 4.42. The van der Waals surface area contributed by atoms with Crippen molar-refractivity contribution in [2.24, 2.45) is 0 Å². The van der Waals surface area contributed by atoms with E-state index >= 15 is 0 Å². The highest BCUT2D eigenvalue weighted by molar-refractivity contribution is 6.04. The molecule has 0 radical (unpaired) electrons. The van der Waals surface area contributed by atoms with Crippen LogP contribution in [0.4, 0.5) is 5.69 Å². The lowest BCUT2D eigenvalue weighted by Crippen LogP contribution is -2.23. The van der Waals surface area contributed by atoms with Crippen molar-refractivity contribution in [1.29, 1.82) is 0 Å². The van der Waals surface area contributed by atoms with E-state index in [-0.39, 0.29) is 17.5 Å². The highest BCUT2D eigenvalue weighted by atomic mass is 16.2. The number of pyridine rings is 1. The van der Waals surface area contributed by atoms with Gasteiger partial charge in [0.15, 0.2) is 0 Å². The Hall–Kier alpha value is -3.47. The number of nitrogens with one attached hydrogen (secondary N) is 2. The Labute approximate surface area is 158 Å². The van der Waals surface area contributed by atoms with Crippen molar-refractivity contribution in [2.75, 3.05) is 5.32 Å². The van der Waals surface area contributed by atoms with Gasteiger partial charge in [-0.2, -0.15) is 0 Å². The molecule has 136 valence electrons. The summed E-state index contributed by atoms with van der Waals surface area (Å²) in [6, 6.07) is 18.4. The Morgan fingerprint density at radius 2 is 1.67 bits per heavy atom. The van der Waals surface area contributed by atoms with Gasteiger partial charge in [-0.25, -0.2) is 0 Å². The lowest BCUT2D eigenvalue weighted by Gasteiger charge is -2.09. The number of anilines is 1. The molecule has 0 fully saturated rings. The first-order chi connectivity index (χ1) is 13.0. The van der Waals surface area contributed by atoms with Gasteiger partial charge in [0.25, 0.3) is 11.8 Å². The quantitative estimate of drug-likeness (QED) is 0.726. The standard InChI is InChI=1S/C22H21N3O2/c1-15-8-9-19(12-16(15)2)25-22(27)20-13-18(10-11-23-20)21(26)24-14-17-6-4-3-5-7-17/h3-13H,14H2,1-2H3,(H,24,26)(H,25,27). The van der Waals surface area contributed by atoms with Crippen molar-refractivity contribution < 1.29 is 9.59 Å². The summed E-state index contributed by atoms with van der Waals surface area (Å²) in [5.41, 5.74) is 4.54. The molecule has 0 bridgehead atoms. The van der Waals surface area contributed by atoms with Crippen LogP contribution >= 0.6 is 0 Å². The van der Waals surface area contributed by atoms with E-state index in [1.807, 2.05) is 62.4 Å². The van der Waals surface area contributed by atoms with Gasteiger partial charge < -0.3 is 10.6 Å². The molecule has 0 atom stereocenters. The summed E-state index contributed by atoms with van der Waals surface area (Å²) in [5, 5.41) is 5.66. The second-order valence-electron chi connectivity index (χ2n) is 6.35.